The third kappa shape index (κ3) is 4.11. The maximum atomic E-state index is 12.5. The molecule has 3 rings (SSSR count). The van der Waals surface area contributed by atoms with E-state index in [1.165, 1.54) is 4.90 Å². The Labute approximate surface area is 152 Å². The fourth-order valence-corrected chi connectivity index (χ4v) is 2.77. The van der Waals surface area contributed by atoms with Gasteiger partial charge in [0.15, 0.2) is 0 Å². The number of nitrogens with one attached hydrogen (secondary N) is 1. The van der Waals surface area contributed by atoms with Crippen molar-refractivity contribution < 1.29 is 14.0 Å². The summed E-state index contributed by atoms with van der Waals surface area (Å²) in [7, 11) is 1.63. The highest BCUT2D eigenvalue weighted by atomic mass is 16.3. The van der Waals surface area contributed by atoms with Crippen LogP contribution in [0.15, 0.2) is 53.1 Å². The van der Waals surface area contributed by atoms with Crippen molar-refractivity contribution in [1.29, 1.82) is 0 Å². The molecule has 0 aliphatic carbocycles. The number of carbonyl (C=O) groups is 2. The zero-order valence-electron chi connectivity index (χ0n) is 15.2. The third-order valence-electron chi connectivity index (χ3n) is 4.29. The average molecular weight is 350 g/mol. The topological polar surface area (TPSA) is 62.6 Å². The van der Waals surface area contributed by atoms with Gasteiger partial charge < -0.3 is 14.6 Å². The van der Waals surface area contributed by atoms with Gasteiger partial charge in [-0.2, -0.15) is 0 Å². The number of aryl methyl sites for hydroxylation is 2. The lowest BCUT2D eigenvalue weighted by Crippen LogP contribution is -2.35. The SMILES string of the molecule is Cc1ccc(NC(=O)CN(C)C(=O)Cc2coc3cc(C)ccc23)cc1. The van der Waals surface area contributed by atoms with Crippen molar-refractivity contribution in [2.75, 3.05) is 18.9 Å². The monoisotopic (exact) mass is 350 g/mol. The summed E-state index contributed by atoms with van der Waals surface area (Å²) < 4.78 is 5.53. The molecule has 0 aliphatic heterocycles. The van der Waals surface area contributed by atoms with E-state index in [1.807, 2.05) is 56.3 Å². The van der Waals surface area contributed by atoms with Crippen molar-refractivity contribution in [2.24, 2.45) is 0 Å². The molecule has 3 aromatic rings. The molecule has 0 saturated heterocycles. The maximum absolute atomic E-state index is 12.5. The van der Waals surface area contributed by atoms with Crippen LogP contribution in [0.25, 0.3) is 11.0 Å². The predicted molar refractivity (Wildman–Crippen MR) is 102 cm³/mol. The molecule has 2 aromatic carbocycles. The minimum atomic E-state index is -0.225. The summed E-state index contributed by atoms with van der Waals surface area (Å²) in [5.41, 5.74) is 4.55. The Bertz CT molecular complexity index is 942. The number of hydrogen-bond donors (Lipinski definition) is 1. The second kappa shape index (κ2) is 7.44. The van der Waals surface area contributed by atoms with Crippen LogP contribution in [0.3, 0.4) is 0 Å². The van der Waals surface area contributed by atoms with Crippen LogP contribution < -0.4 is 5.32 Å². The van der Waals surface area contributed by atoms with E-state index < -0.39 is 0 Å². The fourth-order valence-electron chi connectivity index (χ4n) is 2.77. The first-order chi connectivity index (χ1) is 12.4. The van der Waals surface area contributed by atoms with E-state index >= 15 is 0 Å². The van der Waals surface area contributed by atoms with Crippen molar-refractivity contribution in [3.63, 3.8) is 0 Å². The number of nitrogens with zero attached hydrogens (tertiary/aromatic N) is 1. The molecular weight excluding hydrogens is 328 g/mol. The van der Waals surface area contributed by atoms with Gasteiger partial charge in [0, 0.05) is 23.7 Å². The predicted octanol–water partition coefficient (Wildman–Crippen LogP) is 3.69. The lowest BCUT2D eigenvalue weighted by molar-refractivity contribution is -0.132. The first-order valence-electron chi connectivity index (χ1n) is 8.49. The van der Waals surface area contributed by atoms with Crippen LogP contribution in [0.5, 0.6) is 0 Å². The summed E-state index contributed by atoms with van der Waals surface area (Å²) in [5, 5.41) is 3.73. The molecule has 0 saturated carbocycles. The molecule has 0 bridgehead atoms. The van der Waals surface area contributed by atoms with E-state index in [-0.39, 0.29) is 24.8 Å². The summed E-state index contributed by atoms with van der Waals surface area (Å²) >= 11 is 0. The van der Waals surface area contributed by atoms with E-state index in [2.05, 4.69) is 5.32 Å². The standard InChI is InChI=1S/C21H22N2O3/c1-14-4-7-17(8-5-14)22-20(24)12-23(3)21(25)11-16-13-26-19-10-15(2)6-9-18(16)19/h4-10,13H,11-12H2,1-3H3,(H,22,24). The third-order valence-corrected chi connectivity index (χ3v) is 4.29. The highest BCUT2D eigenvalue weighted by Gasteiger charge is 2.16. The molecule has 0 fully saturated rings. The zero-order valence-corrected chi connectivity index (χ0v) is 15.2. The number of furan rings is 1. The van der Waals surface area contributed by atoms with Gasteiger partial charge in [0.25, 0.3) is 0 Å². The van der Waals surface area contributed by atoms with Crippen molar-refractivity contribution in [3.05, 3.63) is 65.4 Å². The summed E-state index contributed by atoms with van der Waals surface area (Å²) in [5.74, 6) is -0.357. The van der Waals surface area contributed by atoms with Crippen molar-refractivity contribution >= 4 is 28.5 Å². The van der Waals surface area contributed by atoms with E-state index in [0.717, 1.165) is 33.3 Å². The average Bonchev–Trinajstić information content (AvgIpc) is 2.98. The molecule has 5 nitrogen and oxygen atoms in total. The second-order valence-electron chi connectivity index (χ2n) is 6.60. The summed E-state index contributed by atoms with van der Waals surface area (Å²) in [6.07, 6.45) is 1.81. The molecule has 5 heteroatoms. The summed E-state index contributed by atoms with van der Waals surface area (Å²) in [6, 6.07) is 13.4. The van der Waals surface area contributed by atoms with Crippen LogP contribution in [0.2, 0.25) is 0 Å². The van der Waals surface area contributed by atoms with Crippen LogP contribution in [-0.4, -0.2) is 30.3 Å². The molecule has 0 unspecified atom stereocenters. The Morgan fingerprint density at radius 2 is 1.73 bits per heavy atom. The highest BCUT2D eigenvalue weighted by Crippen LogP contribution is 2.23. The van der Waals surface area contributed by atoms with Gasteiger partial charge >= 0.3 is 0 Å². The Balaban J connectivity index is 1.60. The molecule has 134 valence electrons. The lowest BCUT2D eigenvalue weighted by atomic mass is 10.1. The summed E-state index contributed by atoms with van der Waals surface area (Å²) in [4.78, 5) is 26.0. The van der Waals surface area contributed by atoms with Crippen molar-refractivity contribution in [2.45, 2.75) is 20.3 Å². The first kappa shape index (κ1) is 17.7. The van der Waals surface area contributed by atoms with Crippen LogP contribution in [0, 0.1) is 13.8 Å². The van der Waals surface area contributed by atoms with Crippen LogP contribution in [0.4, 0.5) is 5.69 Å². The zero-order chi connectivity index (χ0) is 18.7. The molecule has 0 aliphatic rings. The Morgan fingerprint density at radius 1 is 1.04 bits per heavy atom. The number of fused-ring (bicyclic) bond motifs is 1. The number of carbonyl (C=O) groups excluding carboxylic acids is 2. The van der Waals surface area contributed by atoms with Gasteiger partial charge in [0.1, 0.15) is 5.58 Å². The number of amides is 2. The Morgan fingerprint density at radius 3 is 2.46 bits per heavy atom. The summed E-state index contributed by atoms with van der Waals surface area (Å²) in [6.45, 7) is 3.98. The molecular formula is C21H22N2O3. The maximum Gasteiger partial charge on any atom is 0.243 e. The van der Waals surface area contributed by atoms with Gasteiger partial charge in [-0.25, -0.2) is 0 Å². The smallest absolute Gasteiger partial charge is 0.243 e. The highest BCUT2D eigenvalue weighted by molar-refractivity contribution is 5.95. The van der Waals surface area contributed by atoms with E-state index in [0.29, 0.717) is 0 Å². The minimum Gasteiger partial charge on any atom is -0.464 e. The molecule has 0 atom stereocenters. The van der Waals surface area contributed by atoms with Gasteiger partial charge in [-0.05, 0) is 37.6 Å². The fraction of sp³-hybridized carbons (Fsp3) is 0.238. The number of rotatable bonds is 5. The molecule has 26 heavy (non-hydrogen) atoms. The van der Waals surface area contributed by atoms with E-state index in [4.69, 9.17) is 4.42 Å². The van der Waals surface area contributed by atoms with Crippen LogP contribution in [-0.2, 0) is 16.0 Å². The molecule has 2 amide bonds. The lowest BCUT2D eigenvalue weighted by Gasteiger charge is -2.16. The van der Waals surface area contributed by atoms with Crippen molar-refractivity contribution in [3.8, 4) is 0 Å². The number of benzene rings is 2. The van der Waals surface area contributed by atoms with Gasteiger partial charge in [-0.15, -0.1) is 0 Å². The quantitative estimate of drug-likeness (QED) is 0.763. The molecule has 1 heterocycles. The second-order valence-corrected chi connectivity index (χ2v) is 6.60. The van der Waals surface area contributed by atoms with Crippen LogP contribution in [0.1, 0.15) is 16.7 Å². The molecule has 0 spiro atoms. The molecule has 1 N–H and O–H groups in total. The van der Waals surface area contributed by atoms with Crippen LogP contribution >= 0.6 is 0 Å². The van der Waals surface area contributed by atoms with E-state index in [1.54, 1.807) is 13.3 Å². The normalized spacial score (nSPS) is 10.7. The minimum absolute atomic E-state index is 0.00159. The Kier molecular flexibility index (Phi) is 5.07. The van der Waals surface area contributed by atoms with E-state index in [9.17, 15) is 9.59 Å². The van der Waals surface area contributed by atoms with Gasteiger partial charge in [0.05, 0.1) is 19.2 Å². The number of likely N-dealkylation sites (N-methyl/N-ethyl adjacent to an activating group) is 1. The van der Waals surface area contributed by atoms with Crippen molar-refractivity contribution in [1.82, 2.24) is 4.90 Å². The molecule has 0 radical (unpaired) electrons. The van der Waals surface area contributed by atoms with Gasteiger partial charge in [-0.3, -0.25) is 9.59 Å². The molecule has 1 aromatic heterocycles. The number of hydrogen-bond acceptors (Lipinski definition) is 3. The number of anilines is 1. The van der Waals surface area contributed by atoms with Gasteiger partial charge in [-0.1, -0.05) is 29.8 Å². The first-order valence-corrected chi connectivity index (χ1v) is 8.49. The Hall–Kier alpha value is -3.08. The largest absolute Gasteiger partial charge is 0.464 e. The van der Waals surface area contributed by atoms with Gasteiger partial charge in [0.2, 0.25) is 11.8 Å².